The van der Waals surface area contributed by atoms with Crippen molar-refractivity contribution in [3.8, 4) is 0 Å². The maximum atomic E-state index is 13.0. The first-order valence-corrected chi connectivity index (χ1v) is 9.26. The Balaban J connectivity index is 2.09. The minimum absolute atomic E-state index is 0.144. The van der Waals surface area contributed by atoms with E-state index in [-0.39, 0.29) is 22.7 Å². The lowest BCUT2D eigenvalue weighted by Crippen LogP contribution is -2.14. The second kappa shape index (κ2) is 7.20. The van der Waals surface area contributed by atoms with Gasteiger partial charge < -0.3 is 5.32 Å². The van der Waals surface area contributed by atoms with Crippen LogP contribution in [0.15, 0.2) is 42.5 Å². The predicted octanol–water partition coefficient (Wildman–Crippen LogP) is 5.28. The van der Waals surface area contributed by atoms with Gasteiger partial charge in [-0.05, 0) is 43.3 Å². The van der Waals surface area contributed by atoms with Crippen molar-refractivity contribution in [2.24, 2.45) is 0 Å². The molecule has 2 aromatic carbocycles. The highest BCUT2D eigenvalue weighted by Gasteiger charge is 2.20. The Labute approximate surface area is 162 Å². The number of hydrogen-bond donors (Lipinski definition) is 1. The molecule has 0 fully saturated rings. The number of nitrogens with one attached hydrogen (secondary N) is 1. The Morgan fingerprint density at radius 3 is 2.44 bits per heavy atom. The Morgan fingerprint density at radius 1 is 1.12 bits per heavy atom. The van der Waals surface area contributed by atoms with Crippen LogP contribution >= 0.6 is 39.1 Å². The zero-order valence-corrected chi connectivity index (χ0v) is 16.2. The fourth-order valence-electron chi connectivity index (χ4n) is 2.71. The Morgan fingerprint density at radius 2 is 1.80 bits per heavy atom. The van der Waals surface area contributed by atoms with Crippen molar-refractivity contribution in [2.45, 2.75) is 6.92 Å². The highest BCUT2D eigenvalue weighted by atomic mass is 79.9. The summed E-state index contributed by atoms with van der Waals surface area (Å²) >= 11 is 15.5. The van der Waals surface area contributed by atoms with Crippen LogP contribution in [0.2, 0.25) is 10.0 Å². The first kappa shape index (κ1) is 18.0. The van der Waals surface area contributed by atoms with Gasteiger partial charge in [0, 0.05) is 16.8 Å². The number of rotatable bonds is 3. The van der Waals surface area contributed by atoms with Crippen molar-refractivity contribution in [3.05, 3.63) is 63.8 Å². The van der Waals surface area contributed by atoms with Gasteiger partial charge in [-0.15, -0.1) is 0 Å². The van der Waals surface area contributed by atoms with Crippen LogP contribution in [-0.4, -0.2) is 21.7 Å². The van der Waals surface area contributed by atoms with E-state index in [0.717, 1.165) is 16.6 Å². The van der Waals surface area contributed by atoms with Crippen LogP contribution in [0.4, 0.5) is 5.69 Å². The Hall–Kier alpha value is -1.82. The second-order valence-electron chi connectivity index (χ2n) is 5.48. The van der Waals surface area contributed by atoms with Crippen molar-refractivity contribution >= 4 is 67.5 Å². The second-order valence-corrected chi connectivity index (χ2v) is 6.85. The van der Waals surface area contributed by atoms with Gasteiger partial charge in [0.25, 0.3) is 5.91 Å². The summed E-state index contributed by atoms with van der Waals surface area (Å²) in [6.07, 6.45) is 0. The minimum Gasteiger partial charge on any atom is -0.325 e. The highest BCUT2D eigenvalue weighted by Crippen LogP contribution is 2.29. The molecule has 3 rings (SSSR count). The average Bonchev–Trinajstić information content (AvgIpc) is 2.89. The van der Waals surface area contributed by atoms with Crippen LogP contribution in [0.5, 0.6) is 0 Å². The van der Waals surface area contributed by atoms with Crippen molar-refractivity contribution in [3.63, 3.8) is 0 Å². The molecule has 1 heterocycles. The van der Waals surface area contributed by atoms with E-state index in [4.69, 9.17) is 23.2 Å². The zero-order chi connectivity index (χ0) is 18.1. The lowest BCUT2D eigenvalue weighted by atomic mass is 10.2. The fraction of sp³-hybridized carbons (Fsp3) is 0.111. The molecule has 0 spiro atoms. The summed E-state index contributed by atoms with van der Waals surface area (Å²) in [5.74, 6) is -0.435. The average molecular weight is 440 g/mol. The number of aromatic nitrogens is 1. The van der Waals surface area contributed by atoms with Crippen LogP contribution in [-0.2, 0) is 4.79 Å². The molecule has 0 atom stereocenters. The molecule has 25 heavy (non-hydrogen) atoms. The molecule has 1 aromatic heterocycles. The summed E-state index contributed by atoms with van der Waals surface area (Å²) in [6, 6.07) is 12.2. The number of fused-ring (bicyclic) bond motifs is 1. The van der Waals surface area contributed by atoms with E-state index in [2.05, 4.69) is 21.2 Å². The van der Waals surface area contributed by atoms with Crippen LogP contribution in [0.1, 0.15) is 16.1 Å². The van der Waals surface area contributed by atoms with E-state index >= 15 is 0 Å². The first-order chi connectivity index (χ1) is 11.9. The molecule has 0 bridgehead atoms. The number of hydrogen-bond acceptors (Lipinski definition) is 2. The van der Waals surface area contributed by atoms with Gasteiger partial charge in [-0.25, -0.2) is 0 Å². The van der Waals surface area contributed by atoms with E-state index in [9.17, 15) is 9.59 Å². The van der Waals surface area contributed by atoms with Gasteiger partial charge in [-0.3, -0.25) is 14.2 Å². The molecule has 7 heteroatoms. The molecular formula is C18H13BrCl2N2O2. The lowest BCUT2D eigenvalue weighted by molar-refractivity contribution is -0.113. The number of alkyl halides is 1. The maximum Gasteiger partial charge on any atom is 0.265 e. The molecule has 1 amide bonds. The van der Waals surface area contributed by atoms with Gasteiger partial charge >= 0.3 is 0 Å². The minimum atomic E-state index is -0.291. The molecular weight excluding hydrogens is 427 g/mol. The molecule has 0 saturated carbocycles. The van der Waals surface area contributed by atoms with Gasteiger partial charge in [0.05, 0.1) is 26.5 Å². The summed E-state index contributed by atoms with van der Waals surface area (Å²) < 4.78 is 1.57. The van der Waals surface area contributed by atoms with Crippen molar-refractivity contribution in [1.29, 1.82) is 0 Å². The standard InChI is InChI=1S/C18H13BrCl2N2O2/c1-10-7-11-8-12(22-16(24)9-19)5-6-15(11)23(10)18(25)17-13(20)3-2-4-14(17)21/h2-8H,9H2,1H3,(H,22,24). The Bertz CT molecular complexity index is 978. The summed E-state index contributed by atoms with van der Waals surface area (Å²) in [7, 11) is 0. The maximum absolute atomic E-state index is 13.0. The normalized spacial score (nSPS) is 10.9. The van der Waals surface area contributed by atoms with E-state index in [1.807, 2.05) is 19.1 Å². The van der Waals surface area contributed by atoms with Crippen LogP contribution in [0.25, 0.3) is 10.9 Å². The first-order valence-electron chi connectivity index (χ1n) is 7.39. The molecule has 4 nitrogen and oxygen atoms in total. The SMILES string of the molecule is Cc1cc2cc(NC(=O)CBr)ccc2n1C(=O)c1c(Cl)cccc1Cl. The van der Waals surface area contributed by atoms with E-state index < -0.39 is 0 Å². The quantitative estimate of drug-likeness (QED) is 0.564. The van der Waals surface area contributed by atoms with Crippen molar-refractivity contribution < 1.29 is 9.59 Å². The zero-order valence-electron chi connectivity index (χ0n) is 13.1. The summed E-state index contributed by atoms with van der Waals surface area (Å²) in [5.41, 5.74) is 2.40. The number of anilines is 1. The molecule has 0 unspecified atom stereocenters. The van der Waals surface area contributed by atoms with Crippen LogP contribution in [0.3, 0.4) is 0 Å². The monoisotopic (exact) mass is 438 g/mol. The number of amides is 1. The Kier molecular flexibility index (Phi) is 5.18. The molecule has 0 saturated heterocycles. The summed E-state index contributed by atoms with van der Waals surface area (Å²) in [6.45, 7) is 1.83. The molecule has 1 N–H and O–H groups in total. The highest BCUT2D eigenvalue weighted by molar-refractivity contribution is 9.09. The van der Waals surface area contributed by atoms with E-state index in [1.54, 1.807) is 34.9 Å². The molecule has 0 aliphatic carbocycles. The van der Waals surface area contributed by atoms with Gasteiger partial charge in [-0.1, -0.05) is 45.2 Å². The van der Waals surface area contributed by atoms with Crippen LogP contribution in [0, 0.1) is 6.92 Å². The number of benzene rings is 2. The van der Waals surface area contributed by atoms with Crippen molar-refractivity contribution in [2.75, 3.05) is 10.6 Å². The van der Waals surface area contributed by atoms with Crippen molar-refractivity contribution in [1.82, 2.24) is 4.57 Å². The van der Waals surface area contributed by atoms with E-state index in [0.29, 0.717) is 15.7 Å². The van der Waals surface area contributed by atoms with Gasteiger partial charge in [0.15, 0.2) is 0 Å². The smallest absolute Gasteiger partial charge is 0.265 e. The third-order valence-electron chi connectivity index (χ3n) is 3.77. The molecule has 0 aliphatic heterocycles. The van der Waals surface area contributed by atoms with Gasteiger partial charge in [-0.2, -0.15) is 0 Å². The van der Waals surface area contributed by atoms with Gasteiger partial charge in [0.2, 0.25) is 5.91 Å². The lowest BCUT2D eigenvalue weighted by Gasteiger charge is -2.10. The number of aryl methyl sites for hydroxylation is 1. The molecule has 0 radical (unpaired) electrons. The molecule has 3 aromatic rings. The molecule has 0 aliphatic rings. The number of carbonyl (C=O) groups excluding carboxylic acids is 2. The molecule has 128 valence electrons. The topological polar surface area (TPSA) is 51.1 Å². The largest absolute Gasteiger partial charge is 0.325 e. The number of nitrogens with zero attached hydrogens (tertiary/aromatic N) is 1. The third kappa shape index (κ3) is 3.45. The van der Waals surface area contributed by atoms with Gasteiger partial charge in [0.1, 0.15) is 0 Å². The third-order valence-corrected chi connectivity index (χ3v) is 4.91. The van der Waals surface area contributed by atoms with E-state index in [1.165, 1.54) is 0 Å². The summed E-state index contributed by atoms with van der Waals surface area (Å²) in [5, 5.41) is 4.43. The number of halogens is 3. The summed E-state index contributed by atoms with van der Waals surface area (Å²) in [4.78, 5) is 24.5. The fourth-order valence-corrected chi connectivity index (χ4v) is 3.41. The van der Waals surface area contributed by atoms with Crippen LogP contribution < -0.4 is 5.32 Å². The predicted molar refractivity (Wildman–Crippen MR) is 105 cm³/mol. The number of carbonyl (C=O) groups is 2.